The molecule has 0 bridgehead atoms. The summed E-state index contributed by atoms with van der Waals surface area (Å²) in [4.78, 5) is 12.2. The summed E-state index contributed by atoms with van der Waals surface area (Å²) in [5.41, 5.74) is 6.92. The van der Waals surface area contributed by atoms with Crippen molar-refractivity contribution in [3.63, 3.8) is 0 Å². The molecule has 1 amide bonds. The summed E-state index contributed by atoms with van der Waals surface area (Å²) in [6.45, 7) is 7.92. The van der Waals surface area contributed by atoms with Crippen LogP contribution in [0.2, 0.25) is 0 Å². The number of hydrogen-bond donors (Lipinski definition) is 3. The fourth-order valence-electron chi connectivity index (χ4n) is 3.56. The van der Waals surface area contributed by atoms with E-state index in [-0.39, 0.29) is 17.5 Å². The first kappa shape index (κ1) is 18.7. The van der Waals surface area contributed by atoms with Gasteiger partial charge >= 0.3 is 0 Å². The van der Waals surface area contributed by atoms with Crippen molar-refractivity contribution >= 4 is 11.6 Å². The number of hydroxylamine groups is 2. The van der Waals surface area contributed by atoms with E-state index in [1.165, 1.54) is 10.6 Å². The third-order valence-electron chi connectivity index (χ3n) is 5.11. The number of benzene rings is 1. The van der Waals surface area contributed by atoms with Crippen LogP contribution in [0.1, 0.15) is 58.9 Å². The van der Waals surface area contributed by atoms with Gasteiger partial charge in [-0.3, -0.25) is 4.79 Å². The molecule has 1 heterocycles. The van der Waals surface area contributed by atoms with E-state index in [0.717, 1.165) is 31.4 Å². The number of hydrogen-bond acceptors (Lipinski definition) is 4. The second-order valence-electron chi connectivity index (χ2n) is 8.05. The second kappa shape index (κ2) is 7.11. The maximum absolute atomic E-state index is 12.2. The second-order valence-corrected chi connectivity index (χ2v) is 8.05. The SMILES string of the molecule is CC1(C)CC(NC(=O)CCCCc2ccc(N)cc2)C(C)(C)N1O. The fourth-order valence-corrected chi connectivity index (χ4v) is 3.56. The Morgan fingerprint density at radius 2 is 1.88 bits per heavy atom. The van der Waals surface area contributed by atoms with Crippen LogP contribution in [0.15, 0.2) is 24.3 Å². The van der Waals surface area contributed by atoms with E-state index in [9.17, 15) is 10.0 Å². The highest BCUT2D eigenvalue weighted by molar-refractivity contribution is 5.76. The van der Waals surface area contributed by atoms with Gasteiger partial charge in [-0.1, -0.05) is 12.1 Å². The number of anilines is 1. The van der Waals surface area contributed by atoms with Gasteiger partial charge in [0.2, 0.25) is 5.91 Å². The summed E-state index contributed by atoms with van der Waals surface area (Å²) in [6.07, 6.45) is 4.06. The predicted octanol–water partition coefficient (Wildman–Crippen LogP) is 3.12. The lowest BCUT2D eigenvalue weighted by Gasteiger charge is -2.35. The van der Waals surface area contributed by atoms with Crippen molar-refractivity contribution in [1.29, 1.82) is 0 Å². The first-order chi connectivity index (χ1) is 11.1. The first-order valence-electron chi connectivity index (χ1n) is 8.76. The largest absolute Gasteiger partial charge is 0.399 e. The topological polar surface area (TPSA) is 78.6 Å². The third kappa shape index (κ3) is 4.28. The molecule has 5 heteroatoms. The molecule has 1 aliphatic heterocycles. The molecule has 0 saturated carbocycles. The minimum absolute atomic E-state index is 0.0397. The quantitative estimate of drug-likeness (QED) is 0.552. The van der Waals surface area contributed by atoms with Gasteiger partial charge in [-0.25, -0.2) is 0 Å². The van der Waals surface area contributed by atoms with Gasteiger partial charge < -0.3 is 16.3 Å². The fraction of sp³-hybridized carbons (Fsp3) is 0.632. The Kier molecular flexibility index (Phi) is 5.56. The average molecular weight is 333 g/mol. The zero-order valence-electron chi connectivity index (χ0n) is 15.3. The molecule has 0 aromatic heterocycles. The van der Waals surface area contributed by atoms with Crippen LogP contribution in [0.3, 0.4) is 0 Å². The van der Waals surface area contributed by atoms with Crippen LogP contribution in [0.5, 0.6) is 0 Å². The van der Waals surface area contributed by atoms with Gasteiger partial charge in [-0.15, -0.1) is 0 Å². The molecule has 0 spiro atoms. The van der Waals surface area contributed by atoms with Gasteiger partial charge in [0, 0.05) is 17.6 Å². The number of rotatable bonds is 6. The predicted molar refractivity (Wildman–Crippen MR) is 96.7 cm³/mol. The maximum Gasteiger partial charge on any atom is 0.220 e. The first-order valence-corrected chi connectivity index (χ1v) is 8.76. The summed E-state index contributed by atoms with van der Waals surface area (Å²) >= 11 is 0. The van der Waals surface area contributed by atoms with Crippen LogP contribution in [0.4, 0.5) is 5.69 Å². The van der Waals surface area contributed by atoms with Crippen molar-refractivity contribution < 1.29 is 10.0 Å². The number of carbonyl (C=O) groups excluding carboxylic acids is 1. The summed E-state index contributed by atoms with van der Waals surface area (Å²) in [5, 5.41) is 14.8. The summed E-state index contributed by atoms with van der Waals surface area (Å²) in [6, 6.07) is 7.85. The molecule has 1 saturated heterocycles. The number of amides is 1. The molecule has 1 aromatic carbocycles. The lowest BCUT2D eigenvalue weighted by atomic mass is 9.94. The normalized spacial score (nSPS) is 22.5. The lowest BCUT2D eigenvalue weighted by molar-refractivity contribution is -0.194. The molecule has 5 nitrogen and oxygen atoms in total. The lowest BCUT2D eigenvalue weighted by Crippen LogP contribution is -2.53. The van der Waals surface area contributed by atoms with E-state index < -0.39 is 5.54 Å². The van der Waals surface area contributed by atoms with Crippen molar-refractivity contribution in [3.8, 4) is 0 Å². The number of aryl methyl sites for hydroxylation is 1. The van der Waals surface area contributed by atoms with Gasteiger partial charge in [0.05, 0.1) is 11.6 Å². The molecule has 1 atom stereocenters. The summed E-state index contributed by atoms with van der Waals surface area (Å²) < 4.78 is 0. The smallest absolute Gasteiger partial charge is 0.220 e. The van der Waals surface area contributed by atoms with Gasteiger partial charge in [0.15, 0.2) is 0 Å². The number of unbranched alkanes of at least 4 members (excludes halogenated alkanes) is 1. The van der Waals surface area contributed by atoms with E-state index in [1.807, 2.05) is 52.0 Å². The molecule has 1 fully saturated rings. The van der Waals surface area contributed by atoms with Gasteiger partial charge in [0.1, 0.15) is 0 Å². The van der Waals surface area contributed by atoms with E-state index >= 15 is 0 Å². The van der Waals surface area contributed by atoms with Crippen LogP contribution < -0.4 is 11.1 Å². The number of nitrogen functional groups attached to an aromatic ring is 1. The molecule has 24 heavy (non-hydrogen) atoms. The number of nitrogens with two attached hydrogens (primary N) is 1. The van der Waals surface area contributed by atoms with Crippen molar-refractivity contribution in [1.82, 2.24) is 10.4 Å². The Balaban J connectivity index is 1.74. The molecule has 1 aromatic rings. The van der Waals surface area contributed by atoms with Gasteiger partial charge in [-0.05, 0) is 71.1 Å². The average Bonchev–Trinajstić information content (AvgIpc) is 2.65. The molecule has 0 radical (unpaired) electrons. The highest BCUT2D eigenvalue weighted by Gasteiger charge is 2.51. The van der Waals surface area contributed by atoms with Crippen LogP contribution in [0, 0.1) is 0 Å². The molecule has 2 rings (SSSR count). The molecular weight excluding hydrogens is 302 g/mol. The standard InChI is InChI=1S/C19H31N3O2/c1-18(2)13-16(19(3,4)22(18)24)21-17(23)8-6-5-7-14-9-11-15(20)12-10-14/h9-12,16,24H,5-8,13,20H2,1-4H3,(H,21,23). The molecule has 0 aliphatic carbocycles. The summed E-state index contributed by atoms with van der Waals surface area (Å²) in [7, 11) is 0. The van der Waals surface area contributed by atoms with E-state index in [2.05, 4.69) is 5.32 Å². The zero-order chi connectivity index (χ0) is 18.0. The molecular formula is C19H31N3O2. The van der Waals surface area contributed by atoms with Crippen molar-refractivity contribution in [2.75, 3.05) is 5.73 Å². The Morgan fingerprint density at radius 3 is 2.42 bits per heavy atom. The van der Waals surface area contributed by atoms with Crippen LogP contribution in [0.25, 0.3) is 0 Å². The maximum atomic E-state index is 12.2. The number of carbonyl (C=O) groups is 1. The van der Waals surface area contributed by atoms with Crippen LogP contribution >= 0.6 is 0 Å². The third-order valence-corrected chi connectivity index (χ3v) is 5.11. The van der Waals surface area contributed by atoms with Crippen molar-refractivity contribution in [2.45, 2.75) is 76.9 Å². The number of nitrogens with one attached hydrogen (secondary N) is 1. The minimum atomic E-state index is -0.455. The van der Waals surface area contributed by atoms with Crippen LogP contribution in [-0.2, 0) is 11.2 Å². The van der Waals surface area contributed by atoms with Gasteiger partial charge in [-0.2, -0.15) is 5.06 Å². The van der Waals surface area contributed by atoms with Gasteiger partial charge in [0.25, 0.3) is 0 Å². The van der Waals surface area contributed by atoms with Crippen molar-refractivity contribution in [3.05, 3.63) is 29.8 Å². The highest BCUT2D eigenvalue weighted by atomic mass is 16.5. The molecule has 4 N–H and O–H groups in total. The van der Waals surface area contributed by atoms with Crippen molar-refractivity contribution in [2.24, 2.45) is 0 Å². The molecule has 1 unspecified atom stereocenters. The Morgan fingerprint density at radius 1 is 1.25 bits per heavy atom. The van der Waals surface area contributed by atoms with E-state index in [1.54, 1.807) is 0 Å². The Bertz CT molecular complexity index is 566. The van der Waals surface area contributed by atoms with E-state index in [4.69, 9.17) is 5.73 Å². The summed E-state index contributed by atoms with van der Waals surface area (Å²) in [5.74, 6) is 0.0662. The zero-order valence-corrected chi connectivity index (χ0v) is 15.3. The molecule has 1 aliphatic rings. The Hall–Kier alpha value is -1.59. The Labute approximate surface area is 145 Å². The van der Waals surface area contributed by atoms with Crippen LogP contribution in [-0.4, -0.2) is 33.3 Å². The molecule has 134 valence electrons. The highest BCUT2D eigenvalue weighted by Crippen LogP contribution is 2.39. The minimum Gasteiger partial charge on any atom is -0.399 e. The number of nitrogens with zero attached hydrogens (tertiary/aromatic N) is 1. The van der Waals surface area contributed by atoms with E-state index in [0.29, 0.717) is 6.42 Å². The monoisotopic (exact) mass is 333 g/mol.